The third kappa shape index (κ3) is 5.08. The maximum atomic E-state index is 9.06. The van der Waals surface area contributed by atoms with Crippen molar-refractivity contribution in [1.82, 2.24) is 10.2 Å². The average Bonchev–Trinajstić information content (AvgIpc) is 2.31. The Hall–Kier alpha value is -0.560. The Labute approximate surface area is 106 Å². The van der Waals surface area contributed by atoms with Crippen molar-refractivity contribution in [2.24, 2.45) is 5.92 Å². The van der Waals surface area contributed by atoms with Crippen LogP contribution in [0, 0.1) is 18.3 Å². The molecule has 0 aliphatic carbocycles. The number of hydrogen-bond acceptors (Lipinski definition) is 3. The van der Waals surface area contributed by atoms with E-state index < -0.39 is 0 Å². The first-order chi connectivity index (χ1) is 8.17. The van der Waals surface area contributed by atoms with E-state index >= 15 is 0 Å². The van der Waals surface area contributed by atoms with Crippen molar-refractivity contribution < 1.29 is 5.11 Å². The van der Waals surface area contributed by atoms with E-state index in [1.54, 1.807) is 0 Å². The van der Waals surface area contributed by atoms with Gasteiger partial charge in [-0.2, -0.15) is 0 Å². The van der Waals surface area contributed by atoms with Gasteiger partial charge in [0, 0.05) is 31.8 Å². The summed E-state index contributed by atoms with van der Waals surface area (Å²) in [5.74, 6) is 3.28. The second-order valence-electron chi connectivity index (χ2n) is 5.28. The van der Waals surface area contributed by atoms with Gasteiger partial charge in [-0.1, -0.05) is 19.8 Å². The van der Waals surface area contributed by atoms with E-state index in [-0.39, 0.29) is 6.61 Å². The third-order valence-electron chi connectivity index (χ3n) is 3.60. The number of rotatable bonds is 6. The molecular weight excluding hydrogens is 212 g/mol. The fourth-order valence-electron chi connectivity index (χ4n) is 2.44. The van der Waals surface area contributed by atoms with Crippen LogP contribution in [0.3, 0.4) is 0 Å². The largest absolute Gasteiger partial charge is 0.396 e. The van der Waals surface area contributed by atoms with E-state index in [0.29, 0.717) is 18.0 Å². The lowest BCUT2D eigenvalue weighted by atomic mass is 9.97. The molecule has 1 saturated heterocycles. The maximum Gasteiger partial charge on any atom is 0.0598 e. The predicted octanol–water partition coefficient (Wildman–Crippen LogP) is 1.08. The third-order valence-corrected chi connectivity index (χ3v) is 3.60. The number of piperidine rings is 1. The molecule has 0 saturated carbocycles. The normalized spacial score (nSPS) is 20.4. The fourth-order valence-corrected chi connectivity index (χ4v) is 2.44. The summed E-state index contributed by atoms with van der Waals surface area (Å²) in [4.78, 5) is 2.33. The molecule has 1 rings (SSSR count). The number of likely N-dealkylation sites (tertiary alicyclic amines) is 1. The van der Waals surface area contributed by atoms with Crippen LogP contribution in [-0.4, -0.2) is 48.3 Å². The van der Waals surface area contributed by atoms with Gasteiger partial charge in [-0.3, -0.25) is 4.90 Å². The molecule has 0 spiro atoms. The molecule has 1 aliphatic heterocycles. The molecule has 17 heavy (non-hydrogen) atoms. The first kappa shape index (κ1) is 14.5. The standard InChI is InChI=1S/C14H26N2O/c1-4-8-16-9-5-13(6-10-16)15-14(7-11-17)12(2)3/h1,12-15,17H,5-11H2,2-3H3. The lowest BCUT2D eigenvalue weighted by molar-refractivity contribution is 0.184. The molecule has 0 aromatic carbocycles. The molecule has 0 amide bonds. The number of nitrogens with one attached hydrogen (secondary N) is 1. The summed E-state index contributed by atoms with van der Waals surface area (Å²) < 4.78 is 0. The van der Waals surface area contributed by atoms with Crippen LogP contribution in [-0.2, 0) is 0 Å². The molecular formula is C14H26N2O. The van der Waals surface area contributed by atoms with Crippen LogP contribution in [0.5, 0.6) is 0 Å². The van der Waals surface area contributed by atoms with Crippen LogP contribution in [0.15, 0.2) is 0 Å². The van der Waals surface area contributed by atoms with Crippen molar-refractivity contribution in [3.8, 4) is 12.3 Å². The van der Waals surface area contributed by atoms with Gasteiger partial charge in [0.05, 0.1) is 6.54 Å². The van der Waals surface area contributed by atoms with Crippen LogP contribution in [0.2, 0.25) is 0 Å². The summed E-state index contributed by atoms with van der Waals surface area (Å²) in [5, 5.41) is 12.7. The summed E-state index contributed by atoms with van der Waals surface area (Å²) in [6, 6.07) is 1.02. The van der Waals surface area contributed by atoms with Crippen molar-refractivity contribution in [3.05, 3.63) is 0 Å². The summed E-state index contributed by atoms with van der Waals surface area (Å²) in [6.07, 6.45) is 8.49. The zero-order chi connectivity index (χ0) is 12.7. The lowest BCUT2D eigenvalue weighted by Crippen LogP contribution is -2.48. The van der Waals surface area contributed by atoms with E-state index in [0.717, 1.165) is 38.9 Å². The van der Waals surface area contributed by atoms with Gasteiger partial charge in [0.15, 0.2) is 0 Å². The van der Waals surface area contributed by atoms with Crippen LogP contribution in [0.4, 0.5) is 0 Å². The van der Waals surface area contributed by atoms with Crippen molar-refractivity contribution in [2.75, 3.05) is 26.2 Å². The average molecular weight is 238 g/mol. The Morgan fingerprint density at radius 3 is 2.53 bits per heavy atom. The Bertz CT molecular complexity index is 239. The molecule has 0 radical (unpaired) electrons. The summed E-state index contributed by atoms with van der Waals surface area (Å²) in [6.45, 7) is 7.64. The minimum Gasteiger partial charge on any atom is -0.396 e. The van der Waals surface area contributed by atoms with E-state index in [9.17, 15) is 0 Å². The highest BCUT2D eigenvalue weighted by molar-refractivity contribution is 4.91. The number of hydrogen-bond donors (Lipinski definition) is 2. The Morgan fingerprint density at radius 2 is 2.06 bits per heavy atom. The van der Waals surface area contributed by atoms with Crippen molar-refractivity contribution >= 4 is 0 Å². The minimum absolute atomic E-state index is 0.270. The fraction of sp³-hybridized carbons (Fsp3) is 0.857. The lowest BCUT2D eigenvalue weighted by Gasteiger charge is -2.34. The molecule has 3 heteroatoms. The molecule has 1 unspecified atom stereocenters. The van der Waals surface area contributed by atoms with Gasteiger partial charge in [-0.25, -0.2) is 0 Å². The molecule has 0 bridgehead atoms. The molecule has 1 aliphatic rings. The van der Waals surface area contributed by atoms with Crippen LogP contribution in [0.25, 0.3) is 0 Å². The van der Waals surface area contributed by atoms with Gasteiger partial charge < -0.3 is 10.4 Å². The second-order valence-corrected chi connectivity index (χ2v) is 5.28. The molecule has 1 heterocycles. The molecule has 1 fully saturated rings. The Morgan fingerprint density at radius 1 is 1.41 bits per heavy atom. The first-order valence-electron chi connectivity index (χ1n) is 6.70. The van der Waals surface area contributed by atoms with Crippen LogP contribution < -0.4 is 5.32 Å². The van der Waals surface area contributed by atoms with E-state index in [2.05, 4.69) is 30.0 Å². The highest BCUT2D eigenvalue weighted by Gasteiger charge is 2.22. The van der Waals surface area contributed by atoms with Gasteiger partial charge in [0.1, 0.15) is 0 Å². The number of terminal acetylenes is 1. The molecule has 0 aromatic rings. The smallest absolute Gasteiger partial charge is 0.0598 e. The molecule has 0 aromatic heterocycles. The SMILES string of the molecule is C#CCN1CCC(NC(CCO)C(C)C)CC1. The highest BCUT2D eigenvalue weighted by atomic mass is 16.3. The molecule has 98 valence electrons. The van der Waals surface area contributed by atoms with Gasteiger partial charge in [0.25, 0.3) is 0 Å². The second kappa shape index (κ2) is 7.71. The van der Waals surface area contributed by atoms with Crippen molar-refractivity contribution in [2.45, 2.75) is 45.2 Å². The number of aliphatic hydroxyl groups excluding tert-OH is 1. The highest BCUT2D eigenvalue weighted by Crippen LogP contribution is 2.14. The Kier molecular flexibility index (Phi) is 6.57. The van der Waals surface area contributed by atoms with Gasteiger partial charge >= 0.3 is 0 Å². The number of nitrogens with zero attached hydrogens (tertiary/aromatic N) is 1. The summed E-state index contributed by atoms with van der Waals surface area (Å²) in [5.41, 5.74) is 0. The van der Waals surface area contributed by atoms with Gasteiger partial charge in [0.2, 0.25) is 0 Å². The van der Waals surface area contributed by atoms with Crippen molar-refractivity contribution in [3.63, 3.8) is 0 Å². The number of aliphatic hydroxyl groups is 1. The summed E-state index contributed by atoms with van der Waals surface area (Å²) >= 11 is 0. The first-order valence-corrected chi connectivity index (χ1v) is 6.70. The predicted molar refractivity (Wildman–Crippen MR) is 71.8 cm³/mol. The zero-order valence-electron chi connectivity index (χ0n) is 11.2. The van der Waals surface area contributed by atoms with E-state index in [1.165, 1.54) is 0 Å². The van der Waals surface area contributed by atoms with Gasteiger partial charge in [-0.05, 0) is 25.2 Å². The quantitative estimate of drug-likeness (QED) is 0.680. The zero-order valence-corrected chi connectivity index (χ0v) is 11.2. The van der Waals surface area contributed by atoms with E-state index in [4.69, 9.17) is 11.5 Å². The monoisotopic (exact) mass is 238 g/mol. The van der Waals surface area contributed by atoms with Crippen LogP contribution >= 0.6 is 0 Å². The van der Waals surface area contributed by atoms with E-state index in [1.807, 2.05) is 0 Å². The topological polar surface area (TPSA) is 35.5 Å². The molecule has 2 N–H and O–H groups in total. The van der Waals surface area contributed by atoms with Crippen LogP contribution in [0.1, 0.15) is 33.1 Å². The van der Waals surface area contributed by atoms with Gasteiger partial charge in [-0.15, -0.1) is 6.42 Å². The van der Waals surface area contributed by atoms with Crippen molar-refractivity contribution in [1.29, 1.82) is 0 Å². The molecule has 1 atom stereocenters. The molecule has 3 nitrogen and oxygen atoms in total. The Balaban J connectivity index is 2.31. The maximum absolute atomic E-state index is 9.06. The minimum atomic E-state index is 0.270. The summed E-state index contributed by atoms with van der Waals surface area (Å²) in [7, 11) is 0.